The lowest BCUT2D eigenvalue weighted by Gasteiger charge is -2.25. The molecule has 0 amide bonds. The average molecular weight is 558 g/mol. The molecule has 1 saturated heterocycles. The van der Waals surface area contributed by atoms with Gasteiger partial charge in [-0.1, -0.05) is 6.42 Å². The highest BCUT2D eigenvalue weighted by atomic mass is 35.5. The Morgan fingerprint density at radius 3 is 2.19 bits per heavy atom. The zero-order chi connectivity index (χ0) is 24.7. The molecule has 0 atom stereocenters. The summed E-state index contributed by atoms with van der Waals surface area (Å²) in [6, 6.07) is 22.3. The molecule has 0 unspecified atom stereocenters. The molecule has 0 bridgehead atoms. The smallest absolute Gasteiger partial charge is 0.153 e. The number of methoxy groups -OCH3 is 2. The number of hydrogen-bond acceptors (Lipinski definition) is 7. The number of likely N-dealkylation sites (tertiary alicyclic amines) is 1. The summed E-state index contributed by atoms with van der Waals surface area (Å²) < 4.78 is 24.2. The van der Waals surface area contributed by atoms with Crippen LogP contribution in [0, 0.1) is 0 Å². The second kappa shape index (κ2) is 13.4. The van der Waals surface area contributed by atoms with E-state index >= 15 is 0 Å². The van der Waals surface area contributed by atoms with Crippen LogP contribution in [0.4, 0.5) is 0 Å². The van der Waals surface area contributed by atoms with Gasteiger partial charge in [-0.25, -0.2) is 0 Å². The summed E-state index contributed by atoms with van der Waals surface area (Å²) in [5.74, 6) is 3.30. The van der Waals surface area contributed by atoms with E-state index < -0.39 is 0 Å². The van der Waals surface area contributed by atoms with Gasteiger partial charge in [0.2, 0.25) is 0 Å². The van der Waals surface area contributed by atoms with Gasteiger partial charge in [-0.05, 0) is 98.2 Å². The fourth-order valence-corrected chi connectivity index (χ4v) is 6.06. The monoisotopic (exact) mass is 557 g/mol. The molecule has 4 aromatic rings. The van der Waals surface area contributed by atoms with E-state index in [0.29, 0.717) is 0 Å². The van der Waals surface area contributed by atoms with Crippen molar-refractivity contribution in [1.82, 2.24) is 4.90 Å². The highest BCUT2D eigenvalue weighted by Gasteiger charge is 2.17. The molecule has 0 aliphatic carbocycles. The molecule has 0 N–H and O–H groups in total. The standard InChI is InChI=1S/C29H31NO4S2.ClH/c1-31-22-8-6-21(7-9-22)29-28(26-15-12-24(32-2)20-27(26)35-29)34-23-10-13-25(14-11-23)36-33-19-18-30-16-4-3-5-17-30;/h6-15,20H,3-5,16-19H2,1-2H3;1H. The third-order valence-corrected chi connectivity index (χ3v) is 8.27. The van der Waals surface area contributed by atoms with Crippen molar-refractivity contribution >= 4 is 45.9 Å². The van der Waals surface area contributed by atoms with Crippen molar-refractivity contribution in [2.24, 2.45) is 0 Å². The Morgan fingerprint density at radius 2 is 1.49 bits per heavy atom. The van der Waals surface area contributed by atoms with E-state index in [-0.39, 0.29) is 12.4 Å². The van der Waals surface area contributed by atoms with E-state index in [1.54, 1.807) is 25.6 Å². The van der Waals surface area contributed by atoms with Gasteiger partial charge in [-0.15, -0.1) is 23.7 Å². The van der Waals surface area contributed by atoms with Gasteiger partial charge in [-0.2, -0.15) is 0 Å². The van der Waals surface area contributed by atoms with Crippen molar-refractivity contribution in [3.05, 3.63) is 66.7 Å². The summed E-state index contributed by atoms with van der Waals surface area (Å²) in [6.07, 6.45) is 3.97. The van der Waals surface area contributed by atoms with E-state index in [1.807, 2.05) is 42.5 Å². The summed E-state index contributed by atoms with van der Waals surface area (Å²) >= 11 is 3.12. The predicted molar refractivity (Wildman–Crippen MR) is 156 cm³/mol. The fourth-order valence-electron chi connectivity index (χ4n) is 4.35. The van der Waals surface area contributed by atoms with Crippen LogP contribution in [-0.2, 0) is 4.18 Å². The van der Waals surface area contributed by atoms with Gasteiger partial charge in [0.05, 0.1) is 25.7 Å². The molecule has 37 heavy (non-hydrogen) atoms. The molecule has 0 radical (unpaired) electrons. The van der Waals surface area contributed by atoms with Crippen molar-refractivity contribution in [2.45, 2.75) is 24.2 Å². The molecule has 196 valence electrons. The molecule has 5 nitrogen and oxygen atoms in total. The Balaban J connectivity index is 0.00000320. The first-order valence-electron chi connectivity index (χ1n) is 12.3. The van der Waals surface area contributed by atoms with Gasteiger partial charge < -0.3 is 23.3 Å². The number of fused-ring (bicyclic) bond motifs is 1. The largest absolute Gasteiger partial charge is 0.497 e. The molecule has 3 aromatic carbocycles. The lowest BCUT2D eigenvalue weighted by Crippen LogP contribution is -2.32. The van der Waals surface area contributed by atoms with Crippen LogP contribution in [0.3, 0.4) is 0 Å². The summed E-state index contributed by atoms with van der Waals surface area (Å²) in [6.45, 7) is 4.13. The third kappa shape index (κ3) is 6.92. The van der Waals surface area contributed by atoms with Crippen molar-refractivity contribution in [1.29, 1.82) is 0 Å². The van der Waals surface area contributed by atoms with E-state index in [2.05, 4.69) is 29.2 Å². The number of hydrogen-bond donors (Lipinski definition) is 0. The number of ether oxygens (including phenoxy) is 3. The molecule has 0 saturated carbocycles. The molecule has 2 heterocycles. The first-order valence-corrected chi connectivity index (χ1v) is 13.8. The Bertz CT molecular complexity index is 1270. The highest BCUT2D eigenvalue weighted by Crippen LogP contribution is 2.47. The molecule has 8 heteroatoms. The van der Waals surface area contributed by atoms with Gasteiger partial charge in [0.25, 0.3) is 0 Å². The molecule has 5 rings (SSSR count). The maximum atomic E-state index is 6.49. The predicted octanol–water partition coefficient (Wildman–Crippen LogP) is 8.31. The van der Waals surface area contributed by atoms with Crippen LogP contribution in [-0.4, -0.2) is 45.4 Å². The second-order valence-electron chi connectivity index (χ2n) is 8.73. The summed E-state index contributed by atoms with van der Waals surface area (Å²) in [5.41, 5.74) is 1.08. The van der Waals surface area contributed by atoms with Crippen LogP contribution >= 0.6 is 35.8 Å². The maximum Gasteiger partial charge on any atom is 0.153 e. The maximum absolute atomic E-state index is 6.49. The number of nitrogens with zero attached hydrogens (tertiary/aromatic N) is 1. The van der Waals surface area contributed by atoms with Gasteiger partial charge in [0.1, 0.15) is 17.2 Å². The van der Waals surface area contributed by atoms with Crippen LogP contribution < -0.4 is 14.2 Å². The van der Waals surface area contributed by atoms with Crippen LogP contribution in [0.1, 0.15) is 19.3 Å². The highest BCUT2D eigenvalue weighted by molar-refractivity contribution is 7.94. The Kier molecular flexibility index (Phi) is 10.00. The van der Waals surface area contributed by atoms with Crippen LogP contribution in [0.15, 0.2) is 71.6 Å². The molecule has 1 aliphatic heterocycles. The topological polar surface area (TPSA) is 40.2 Å². The number of benzene rings is 3. The number of rotatable bonds is 10. The van der Waals surface area contributed by atoms with E-state index in [0.717, 1.165) is 61.6 Å². The fraction of sp³-hybridized carbons (Fsp3) is 0.310. The first-order chi connectivity index (χ1) is 17.7. The Labute approximate surface area is 233 Å². The van der Waals surface area contributed by atoms with Crippen molar-refractivity contribution < 1.29 is 18.4 Å². The Hall–Kier alpha value is -2.42. The van der Waals surface area contributed by atoms with Gasteiger partial charge in [0, 0.05) is 33.6 Å². The van der Waals surface area contributed by atoms with Gasteiger partial charge in [-0.3, -0.25) is 0 Å². The van der Waals surface area contributed by atoms with Crippen LogP contribution in [0.25, 0.3) is 20.5 Å². The molecule has 1 fully saturated rings. The zero-order valence-corrected chi connectivity index (χ0v) is 23.6. The van der Waals surface area contributed by atoms with Crippen LogP contribution in [0.5, 0.6) is 23.0 Å². The zero-order valence-electron chi connectivity index (χ0n) is 21.1. The summed E-state index contributed by atoms with van der Waals surface area (Å²) in [7, 11) is 3.37. The minimum absolute atomic E-state index is 0. The van der Waals surface area contributed by atoms with Crippen LogP contribution in [0.2, 0.25) is 0 Å². The van der Waals surface area contributed by atoms with E-state index in [9.17, 15) is 0 Å². The van der Waals surface area contributed by atoms with E-state index in [4.69, 9.17) is 18.4 Å². The van der Waals surface area contributed by atoms with E-state index in [1.165, 1.54) is 44.4 Å². The molecule has 1 aliphatic rings. The molecular formula is C29H32ClNO4S2. The molecule has 0 spiro atoms. The number of thiophene rings is 1. The lowest BCUT2D eigenvalue weighted by molar-refractivity contribution is 0.194. The first kappa shape index (κ1) is 27.6. The second-order valence-corrected chi connectivity index (χ2v) is 10.7. The van der Waals surface area contributed by atoms with Crippen molar-refractivity contribution in [3.63, 3.8) is 0 Å². The third-order valence-electron chi connectivity index (χ3n) is 6.34. The number of piperidine rings is 1. The quantitative estimate of drug-likeness (QED) is 0.144. The normalized spacial score (nSPS) is 13.8. The molecule has 1 aromatic heterocycles. The van der Waals surface area contributed by atoms with Crippen molar-refractivity contribution in [3.8, 4) is 33.4 Å². The molecular weight excluding hydrogens is 526 g/mol. The number of halogens is 1. The average Bonchev–Trinajstić information content (AvgIpc) is 3.29. The van der Waals surface area contributed by atoms with Gasteiger partial charge >= 0.3 is 0 Å². The minimum Gasteiger partial charge on any atom is -0.497 e. The lowest BCUT2D eigenvalue weighted by atomic mass is 10.1. The van der Waals surface area contributed by atoms with Crippen molar-refractivity contribution in [2.75, 3.05) is 40.5 Å². The SMILES string of the molecule is COc1ccc(-c2sc3cc(OC)ccc3c2Oc2ccc(SOCCN3CCCCC3)cc2)cc1.Cl. The summed E-state index contributed by atoms with van der Waals surface area (Å²) in [4.78, 5) is 4.62. The Morgan fingerprint density at radius 1 is 0.811 bits per heavy atom. The minimum atomic E-state index is 0. The summed E-state index contributed by atoms with van der Waals surface area (Å²) in [5, 5.41) is 1.06. The van der Waals surface area contributed by atoms with Gasteiger partial charge in [0.15, 0.2) is 5.75 Å².